The van der Waals surface area contributed by atoms with E-state index >= 15 is 0 Å². The van der Waals surface area contributed by atoms with E-state index in [0.29, 0.717) is 12.0 Å². The zero-order valence-corrected chi connectivity index (χ0v) is 8.45. The van der Waals surface area contributed by atoms with Crippen LogP contribution < -0.4 is 11.5 Å². The number of hydrogen-bond acceptors (Lipinski definition) is 2. The van der Waals surface area contributed by atoms with E-state index < -0.39 is 0 Å². The Hall–Kier alpha value is -1.02. The van der Waals surface area contributed by atoms with E-state index in [1.807, 2.05) is 12.1 Å². The van der Waals surface area contributed by atoms with Crippen molar-refractivity contribution in [3.8, 4) is 0 Å². The van der Waals surface area contributed by atoms with E-state index in [1.165, 1.54) is 24.8 Å². The first-order valence-electron chi connectivity index (χ1n) is 5.37. The molecule has 1 saturated carbocycles. The molecule has 0 spiro atoms. The lowest BCUT2D eigenvalue weighted by Crippen LogP contribution is -2.26. The van der Waals surface area contributed by atoms with Crippen molar-refractivity contribution in [1.29, 1.82) is 0 Å². The van der Waals surface area contributed by atoms with Crippen molar-refractivity contribution in [3.63, 3.8) is 0 Å². The van der Waals surface area contributed by atoms with E-state index in [2.05, 4.69) is 12.1 Å². The highest BCUT2D eigenvalue weighted by Gasteiger charge is 2.20. The highest BCUT2D eigenvalue weighted by atomic mass is 14.6. The third-order valence-electron chi connectivity index (χ3n) is 3.12. The molecule has 1 fully saturated rings. The minimum atomic E-state index is 0.395. The molecule has 0 radical (unpaired) electrons. The monoisotopic (exact) mass is 190 g/mol. The van der Waals surface area contributed by atoms with E-state index in [1.54, 1.807) is 0 Å². The number of rotatable bonds is 1. The molecule has 2 rings (SSSR count). The van der Waals surface area contributed by atoms with Crippen LogP contribution in [-0.4, -0.2) is 6.04 Å². The second-order valence-electron chi connectivity index (χ2n) is 4.29. The summed E-state index contributed by atoms with van der Waals surface area (Å²) in [5, 5.41) is 0. The van der Waals surface area contributed by atoms with Crippen LogP contribution >= 0.6 is 0 Å². The Kier molecular flexibility index (Phi) is 2.73. The minimum absolute atomic E-state index is 0.395. The molecule has 1 aromatic rings. The fourth-order valence-electron chi connectivity index (χ4n) is 2.30. The van der Waals surface area contributed by atoms with Gasteiger partial charge in [-0.05, 0) is 42.9 Å². The smallest absolute Gasteiger partial charge is 0.0314 e. The van der Waals surface area contributed by atoms with Crippen LogP contribution in [0.25, 0.3) is 0 Å². The summed E-state index contributed by atoms with van der Waals surface area (Å²) in [5.74, 6) is 0.652. The van der Waals surface area contributed by atoms with Gasteiger partial charge in [0, 0.05) is 11.7 Å². The lowest BCUT2D eigenvalue weighted by Gasteiger charge is -2.26. The number of nitrogen functional groups attached to an aromatic ring is 1. The molecule has 0 aromatic heterocycles. The highest BCUT2D eigenvalue weighted by molar-refractivity contribution is 5.40. The summed E-state index contributed by atoms with van der Waals surface area (Å²) in [5.41, 5.74) is 13.9. The third kappa shape index (κ3) is 2.07. The summed E-state index contributed by atoms with van der Waals surface area (Å²) in [7, 11) is 0. The van der Waals surface area contributed by atoms with Crippen molar-refractivity contribution in [2.24, 2.45) is 5.73 Å². The largest absolute Gasteiger partial charge is 0.399 e. The Labute approximate surface area is 85.3 Å². The quantitative estimate of drug-likeness (QED) is 0.667. The van der Waals surface area contributed by atoms with Crippen LogP contribution in [0, 0.1) is 0 Å². The van der Waals surface area contributed by atoms with Gasteiger partial charge in [-0.2, -0.15) is 0 Å². The summed E-state index contributed by atoms with van der Waals surface area (Å²) in [6, 6.07) is 8.63. The molecule has 0 bridgehead atoms. The lowest BCUT2D eigenvalue weighted by atomic mass is 9.82. The Morgan fingerprint density at radius 3 is 2.43 bits per heavy atom. The molecule has 2 unspecified atom stereocenters. The summed E-state index contributed by atoms with van der Waals surface area (Å²) in [6.45, 7) is 0. The molecule has 1 aliphatic rings. The zero-order valence-electron chi connectivity index (χ0n) is 8.45. The van der Waals surface area contributed by atoms with Gasteiger partial charge in [-0.15, -0.1) is 0 Å². The molecule has 0 heterocycles. The molecule has 0 aliphatic heterocycles. The molecule has 2 heteroatoms. The summed E-state index contributed by atoms with van der Waals surface area (Å²) in [4.78, 5) is 0. The Morgan fingerprint density at radius 1 is 1.07 bits per heavy atom. The highest BCUT2D eigenvalue weighted by Crippen LogP contribution is 2.32. The van der Waals surface area contributed by atoms with E-state index in [-0.39, 0.29) is 0 Å². The summed E-state index contributed by atoms with van der Waals surface area (Å²) < 4.78 is 0. The maximum absolute atomic E-state index is 5.97. The maximum atomic E-state index is 5.97. The van der Waals surface area contributed by atoms with Crippen LogP contribution in [0.15, 0.2) is 24.3 Å². The molecule has 14 heavy (non-hydrogen) atoms. The van der Waals surface area contributed by atoms with Gasteiger partial charge in [-0.3, -0.25) is 0 Å². The normalized spacial score (nSPS) is 27.5. The molecule has 0 amide bonds. The SMILES string of the molecule is Nc1ccc(C2CCCC(N)C2)cc1. The minimum Gasteiger partial charge on any atom is -0.399 e. The van der Waals surface area contributed by atoms with Crippen molar-refractivity contribution in [2.45, 2.75) is 37.6 Å². The first-order valence-corrected chi connectivity index (χ1v) is 5.37. The average molecular weight is 190 g/mol. The van der Waals surface area contributed by atoms with Gasteiger partial charge in [0.1, 0.15) is 0 Å². The second kappa shape index (κ2) is 4.01. The molecule has 2 atom stereocenters. The van der Waals surface area contributed by atoms with Crippen LogP contribution in [0.1, 0.15) is 37.2 Å². The number of benzene rings is 1. The molecule has 4 N–H and O–H groups in total. The van der Waals surface area contributed by atoms with Crippen LogP contribution in [0.4, 0.5) is 5.69 Å². The fraction of sp³-hybridized carbons (Fsp3) is 0.500. The van der Waals surface area contributed by atoms with Gasteiger partial charge in [0.05, 0.1) is 0 Å². The topological polar surface area (TPSA) is 52.0 Å². The Balaban J connectivity index is 2.10. The van der Waals surface area contributed by atoms with E-state index in [0.717, 1.165) is 12.1 Å². The van der Waals surface area contributed by atoms with E-state index in [4.69, 9.17) is 11.5 Å². The first-order chi connectivity index (χ1) is 6.75. The van der Waals surface area contributed by atoms with Crippen molar-refractivity contribution in [1.82, 2.24) is 0 Å². The Bertz CT molecular complexity index is 292. The van der Waals surface area contributed by atoms with Gasteiger partial charge < -0.3 is 11.5 Å². The van der Waals surface area contributed by atoms with Crippen LogP contribution in [0.2, 0.25) is 0 Å². The third-order valence-corrected chi connectivity index (χ3v) is 3.12. The van der Waals surface area contributed by atoms with Gasteiger partial charge in [-0.1, -0.05) is 18.6 Å². The molecular formula is C12H18N2. The van der Waals surface area contributed by atoms with Crippen molar-refractivity contribution < 1.29 is 0 Å². The van der Waals surface area contributed by atoms with Gasteiger partial charge in [0.25, 0.3) is 0 Å². The standard InChI is InChI=1S/C12H18N2/c13-11-6-4-9(5-7-11)10-2-1-3-12(14)8-10/h4-7,10,12H,1-3,8,13-14H2. The molecular weight excluding hydrogens is 172 g/mol. The fourth-order valence-corrected chi connectivity index (χ4v) is 2.30. The van der Waals surface area contributed by atoms with Gasteiger partial charge >= 0.3 is 0 Å². The van der Waals surface area contributed by atoms with Crippen molar-refractivity contribution in [3.05, 3.63) is 29.8 Å². The molecule has 1 aliphatic carbocycles. The number of hydrogen-bond donors (Lipinski definition) is 2. The summed E-state index contributed by atoms with van der Waals surface area (Å²) in [6.07, 6.45) is 4.85. The van der Waals surface area contributed by atoms with E-state index in [9.17, 15) is 0 Å². The van der Waals surface area contributed by atoms with Crippen LogP contribution in [-0.2, 0) is 0 Å². The second-order valence-corrected chi connectivity index (χ2v) is 4.29. The number of nitrogens with two attached hydrogens (primary N) is 2. The van der Waals surface area contributed by atoms with Gasteiger partial charge in [-0.25, -0.2) is 0 Å². The maximum Gasteiger partial charge on any atom is 0.0314 e. The average Bonchev–Trinajstić information content (AvgIpc) is 2.19. The molecule has 2 nitrogen and oxygen atoms in total. The molecule has 76 valence electrons. The Morgan fingerprint density at radius 2 is 1.79 bits per heavy atom. The van der Waals surface area contributed by atoms with Gasteiger partial charge in [0.2, 0.25) is 0 Å². The molecule has 1 aromatic carbocycles. The number of anilines is 1. The van der Waals surface area contributed by atoms with Gasteiger partial charge in [0.15, 0.2) is 0 Å². The van der Waals surface area contributed by atoms with Crippen molar-refractivity contribution >= 4 is 5.69 Å². The first kappa shape index (κ1) is 9.53. The van der Waals surface area contributed by atoms with Crippen molar-refractivity contribution in [2.75, 3.05) is 5.73 Å². The lowest BCUT2D eigenvalue weighted by molar-refractivity contribution is 0.393. The predicted octanol–water partition coefficient (Wildman–Crippen LogP) is 2.25. The predicted molar refractivity (Wildman–Crippen MR) is 60.0 cm³/mol. The summed E-state index contributed by atoms with van der Waals surface area (Å²) >= 11 is 0. The van der Waals surface area contributed by atoms with Crippen LogP contribution in [0.5, 0.6) is 0 Å². The zero-order chi connectivity index (χ0) is 9.97. The van der Waals surface area contributed by atoms with Crippen LogP contribution in [0.3, 0.4) is 0 Å². The molecule has 0 saturated heterocycles.